The lowest BCUT2D eigenvalue weighted by Gasteiger charge is -2.14. The molecule has 0 aliphatic carbocycles. The van der Waals surface area contributed by atoms with Crippen LogP contribution in [0.5, 0.6) is 0 Å². The summed E-state index contributed by atoms with van der Waals surface area (Å²) in [7, 11) is -0.646. The average molecular weight is 262 g/mol. The molecule has 0 amide bonds. The summed E-state index contributed by atoms with van der Waals surface area (Å²) in [6.07, 6.45) is 1.34. The van der Waals surface area contributed by atoms with E-state index in [1.807, 2.05) is 13.0 Å². The highest BCUT2D eigenvalue weighted by Crippen LogP contribution is 2.09. The molecule has 0 heterocycles. The van der Waals surface area contributed by atoms with Crippen molar-refractivity contribution in [1.29, 1.82) is 0 Å². The first kappa shape index (κ1) is 12.3. The van der Waals surface area contributed by atoms with Gasteiger partial charge in [0.15, 0.2) is 0 Å². The predicted octanol–water partition coefficient (Wildman–Crippen LogP) is 1.84. The van der Waals surface area contributed by atoms with Crippen LogP contribution in [0.25, 0.3) is 0 Å². The van der Waals surface area contributed by atoms with E-state index in [0.717, 1.165) is 11.3 Å². The van der Waals surface area contributed by atoms with Gasteiger partial charge in [0.25, 0.3) is 0 Å². The molecule has 0 saturated heterocycles. The summed E-state index contributed by atoms with van der Waals surface area (Å²) in [5, 5.41) is 0. The topological polar surface area (TPSA) is 0 Å². The molecule has 0 fully saturated rings. The first-order valence-electron chi connectivity index (χ1n) is 2.94. The van der Waals surface area contributed by atoms with Crippen molar-refractivity contribution in [3.8, 4) is 0 Å². The van der Waals surface area contributed by atoms with Gasteiger partial charge in [0.05, 0.1) is 0 Å². The van der Waals surface area contributed by atoms with Gasteiger partial charge in [-0.1, -0.05) is 35.4 Å². The van der Waals surface area contributed by atoms with E-state index in [0.29, 0.717) is 0 Å². The fourth-order valence-electron chi connectivity index (χ4n) is 0.497. The smallest absolute Gasteiger partial charge is 0.0318 e. The zero-order valence-corrected chi connectivity index (χ0v) is 11.1. The third kappa shape index (κ3) is 3.69. The van der Waals surface area contributed by atoms with Gasteiger partial charge in [-0.3, -0.25) is 7.05 Å². The Bertz CT molecular complexity index is 307. The predicted molar refractivity (Wildman–Crippen MR) is 68.2 cm³/mol. The molecule has 0 nitrogen and oxygen atoms in total. The van der Waals surface area contributed by atoms with Gasteiger partial charge >= 0.3 is 0 Å². The molecule has 0 atom stereocenters. The molecular weight excluding hydrogens is 252 g/mol. The summed E-state index contributed by atoms with van der Waals surface area (Å²) in [6, 6.07) is 0. The molecule has 0 aliphatic rings. The maximum atomic E-state index is 5.19. The SMILES string of the molecule is CC/C=C(\C)S(=S)(=S)[S-](=S)=S. The number of hydrogen-bond donors (Lipinski definition) is 0. The molecule has 0 aromatic rings. The maximum Gasteiger partial charge on any atom is -0.0318 e. The van der Waals surface area contributed by atoms with Crippen molar-refractivity contribution in [1.82, 2.24) is 0 Å². The zero-order chi connectivity index (χ0) is 9.07. The molecule has 66 valence electrons. The molecule has 11 heavy (non-hydrogen) atoms. The van der Waals surface area contributed by atoms with E-state index in [9.17, 15) is 0 Å². The lowest BCUT2D eigenvalue weighted by Crippen LogP contribution is -1.96. The third-order valence-corrected chi connectivity index (χ3v) is 15.0. The molecule has 0 spiro atoms. The lowest BCUT2D eigenvalue weighted by atomic mass is 10.4. The monoisotopic (exact) mass is 261 g/mol. The van der Waals surface area contributed by atoms with Crippen LogP contribution in [0, 0.1) is 0 Å². The van der Waals surface area contributed by atoms with Crippen LogP contribution in [0.3, 0.4) is 0 Å². The molecule has 6 heteroatoms. The van der Waals surface area contributed by atoms with E-state index in [-0.39, 0.29) is 0 Å². The Morgan fingerprint density at radius 1 is 1.45 bits per heavy atom. The highest BCUT2D eigenvalue weighted by atomic mass is 33.7. The van der Waals surface area contributed by atoms with E-state index in [1.54, 1.807) is 0 Å². The van der Waals surface area contributed by atoms with E-state index >= 15 is 0 Å². The van der Waals surface area contributed by atoms with Crippen molar-refractivity contribution in [3.63, 3.8) is 0 Å². The summed E-state index contributed by atoms with van der Waals surface area (Å²) in [4.78, 5) is 1.04. The summed E-state index contributed by atoms with van der Waals surface area (Å²) in [5.74, 6) is 0. The fourth-order valence-corrected chi connectivity index (χ4v) is 4.27. The van der Waals surface area contributed by atoms with Crippen LogP contribution >= 0.6 is 0 Å². The molecule has 0 bridgehead atoms. The minimum atomic E-state index is -1.65. The normalized spacial score (nSPS) is 13.9. The molecule has 0 rings (SSSR count). The van der Waals surface area contributed by atoms with Gasteiger partial charge in [-0.15, -0.1) is 6.18 Å². The van der Waals surface area contributed by atoms with E-state index in [4.69, 9.17) is 44.8 Å². The summed E-state index contributed by atoms with van der Waals surface area (Å²) in [6.45, 7) is 3.99. The Morgan fingerprint density at radius 3 is 2.18 bits per heavy atom. The van der Waals surface area contributed by atoms with Gasteiger partial charge in [0.1, 0.15) is 0 Å². The van der Waals surface area contributed by atoms with Crippen molar-refractivity contribution in [2.75, 3.05) is 0 Å². The van der Waals surface area contributed by atoms with Gasteiger partial charge < -0.3 is 0 Å². The van der Waals surface area contributed by atoms with Crippen molar-refractivity contribution < 1.29 is 0 Å². The van der Waals surface area contributed by atoms with Crippen LogP contribution in [0.2, 0.25) is 0 Å². The second-order valence-electron chi connectivity index (χ2n) is 1.88. The van der Waals surface area contributed by atoms with Gasteiger partial charge in [0.2, 0.25) is 0 Å². The van der Waals surface area contributed by atoms with Crippen LogP contribution in [0.1, 0.15) is 20.3 Å². The standard InChI is InChI=1S/C5H9S6/c1-3-4-5(2)11(8,9)10(6)7/h4H,3H2,1-2H3/q-1/b5-4+. The van der Waals surface area contributed by atoms with Crippen LogP contribution < -0.4 is 0 Å². The lowest BCUT2D eigenvalue weighted by molar-refractivity contribution is 1.21. The van der Waals surface area contributed by atoms with Crippen LogP contribution in [0.4, 0.5) is 0 Å². The van der Waals surface area contributed by atoms with Crippen LogP contribution in [-0.2, 0) is 58.0 Å². The molecule has 0 saturated carbocycles. The van der Waals surface area contributed by atoms with Gasteiger partial charge in [0, 0.05) is 0 Å². The number of hydrogen-bond acceptors (Lipinski definition) is 5. The van der Waals surface area contributed by atoms with Crippen molar-refractivity contribution >= 4 is 58.0 Å². The molecular formula is C5H9S6-. The average Bonchev–Trinajstić information content (AvgIpc) is 1.88. The van der Waals surface area contributed by atoms with Crippen LogP contribution in [-0.4, -0.2) is 0 Å². The van der Waals surface area contributed by atoms with E-state index in [1.165, 1.54) is 0 Å². The summed E-state index contributed by atoms with van der Waals surface area (Å²) >= 11 is 20.3. The highest BCUT2D eigenvalue weighted by Gasteiger charge is 1.92. The largest absolute Gasteiger partial charge is 0.278 e. The fraction of sp³-hybridized carbons (Fsp3) is 0.600. The molecule has 0 aliphatic heterocycles. The summed E-state index contributed by atoms with van der Waals surface area (Å²) < 4.78 is 0. The Morgan fingerprint density at radius 2 is 1.91 bits per heavy atom. The first-order chi connectivity index (χ1) is 4.92. The second-order valence-corrected chi connectivity index (χ2v) is 15.1. The quantitative estimate of drug-likeness (QED) is 0.561. The minimum Gasteiger partial charge on any atom is -0.278 e. The number of allylic oxidation sites excluding steroid dienone is 2. The third-order valence-electron chi connectivity index (χ3n) is 1.07. The van der Waals surface area contributed by atoms with Crippen LogP contribution in [0.15, 0.2) is 11.0 Å². The van der Waals surface area contributed by atoms with Crippen molar-refractivity contribution in [3.05, 3.63) is 11.0 Å². The minimum absolute atomic E-state index is 0.646. The maximum absolute atomic E-state index is 5.19. The Hall–Kier alpha value is 1.32. The van der Waals surface area contributed by atoms with Crippen molar-refractivity contribution in [2.45, 2.75) is 20.3 Å². The Balaban J connectivity index is 5.04. The zero-order valence-electron chi connectivity index (χ0n) is 6.23. The molecule has 0 radical (unpaired) electrons. The Kier molecular flexibility index (Phi) is 5.75. The van der Waals surface area contributed by atoms with Gasteiger partial charge in [-0.05, 0) is 18.2 Å². The first-order valence-corrected chi connectivity index (χ1v) is 10.0. The van der Waals surface area contributed by atoms with Gasteiger partial charge in [-0.25, -0.2) is 22.4 Å². The number of rotatable bonds is 3. The molecule has 0 N–H and O–H groups in total. The highest BCUT2D eigenvalue weighted by molar-refractivity contribution is 9.06. The van der Waals surface area contributed by atoms with E-state index < -0.39 is 13.2 Å². The second kappa shape index (κ2) is 5.14. The molecule has 0 aromatic carbocycles. The molecule has 0 aromatic heterocycles. The Labute approximate surface area is 88.5 Å². The van der Waals surface area contributed by atoms with Gasteiger partial charge in [-0.2, -0.15) is 0 Å². The summed E-state index contributed by atoms with van der Waals surface area (Å²) in [5.41, 5.74) is 0. The van der Waals surface area contributed by atoms with Crippen molar-refractivity contribution in [2.24, 2.45) is 0 Å². The van der Waals surface area contributed by atoms with E-state index in [2.05, 4.69) is 6.92 Å². The molecule has 0 unspecified atom stereocenters.